The molecular formula is C13H22ClN3. The van der Waals surface area contributed by atoms with Gasteiger partial charge in [-0.25, -0.2) is 4.98 Å². The fourth-order valence-electron chi connectivity index (χ4n) is 1.76. The fourth-order valence-corrected chi connectivity index (χ4v) is 1.97. The van der Waals surface area contributed by atoms with E-state index in [0.29, 0.717) is 16.9 Å². The van der Waals surface area contributed by atoms with E-state index in [1.807, 2.05) is 6.07 Å². The van der Waals surface area contributed by atoms with Crippen LogP contribution in [0.5, 0.6) is 0 Å². The van der Waals surface area contributed by atoms with Crippen LogP contribution in [0.3, 0.4) is 0 Å². The van der Waals surface area contributed by atoms with Crippen molar-refractivity contribution in [3.8, 4) is 0 Å². The molecule has 0 fully saturated rings. The first-order valence-electron chi connectivity index (χ1n) is 6.28. The SMILES string of the molecule is CCCCN(c1cc(N)cc(Cl)n1)C(C)CC. The third-order valence-electron chi connectivity index (χ3n) is 2.97. The monoisotopic (exact) mass is 255 g/mol. The molecular weight excluding hydrogens is 234 g/mol. The predicted molar refractivity (Wildman–Crippen MR) is 75.7 cm³/mol. The van der Waals surface area contributed by atoms with Gasteiger partial charge in [0.05, 0.1) is 0 Å². The number of nitrogen functional groups attached to an aromatic ring is 1. The van der Waals surface area contributed by atoms with Crippen LogP contribution in [0.1, 0.15) is 40.0 Å². The second kappa shape index (κ2) is 6.70. The van der Waals surface area contributed by atoms with Gasteiger partial charge in [-0.2, -0.15) is 0 Å². The third-order valence-corrected chi connectivity index (χ3v) is 3.17. The van der Waals surface area contributed by atoms with Crippen molar-refractivity contribution in [3.63, 3.8) is 0 Å². The van der Waals surface area contributed by atoms with Gasteiger partial charge in [0, 0.05) is 24.3 Å². The molecule has 0 radical (unpaired) electrons. The van der Waals surface area contributed by atoms with Crippen LogP contribution in [-0.4, -0.2) is 17.6 Å². The van der Waals surface area contributed by atoms with Gasteiger partial charge in [-0.3, -0.25) is 0 Å². The Kier molecular flexibility index (Phi) is 5.56. The number of hydrogen-bond acceptors (Lipinski definition) is 3. The summed E-state index contributed by atoms with van der Waals surface area (Å²) in [6.45, 7) is 7.57. The summed E-state index contributed by atoms with van der Waals surface area (Å²) in [4.78, 5) is 6.65. The lowest BCUT2D eigenvalue weighted by molar-refractivity contribution is 0.590. The van der Waals surface area contributed by atoms with E-state index < -0.39 is 0 Å². The number of halogens is 1. The van der Waals surface area contributed by atoms with Crippen molar-refractivity contribution in [2.24, 2.45) is 0 Å². The number of aromatic nitrogens is 1. The first-order chi connectivity index (χ1) is 8.08. The summed E-state index contributed by atoms with van der Waals surface area (Å²) in [5, 5.41) is 0.463. The van der Waals surface area contributed by atoms with Gasteiger partial charge in [-0.05, 0) is 25.8 Å². The smallest absolute Gasteiger partial charge is 0.133 e. The summed E-state index contributed by atoms with van der Waals surface area (Å²) >= 11 is 5.96. The van der Waals surface area contributed by atoms with Crippen molar-refractivity contribution in [2.75, 3.05) is 17.2 Å². The minimum Gasteiger partial charge on any atom is -0.399 e. The molecule has 1 atom stereocenters. The Morgan fingerprint density at radius 3 is 2.65 bits per heavy atom. The maximum Gasteiger partial charge on any atom is 0.133 e. The maximum absolute atomic E-state index is 5.96. The van der Waals surface area contributed by atoms with Crippen LogP contribution < -0.4 is 10.6 Å². The Bertz CT molecular complexity index is 334. The van der Waals surface area contributed by atoms with E-state index in [-0.39, 0.29) is 0 Å². The zero-order valence-electron chi connectivity index (χ0n) is 10.9. The standard InChI is InChI=1S/C13H22ClN3/c1-4-6-7-17(10(3)5-2)13-9-11(15)8-12(14)16-13/h8-10H,4-7H2,1-3H3,(H2,15,16). The lowest BCUT2D eigenvalue weighted by Crippen LogP contribution is -2.34. The molecule has 1 heterocycles. The molecule has 0 bridgehead atoms. The van der Waals surface area contributed by atoms with Gasteiger partial charge in [0.15, 0.2) is 0 Å². The van der Waals surface area contributed by atoms with E-state index in [0.717, 1.165) is 25.2 Å². The number of rotatable bonds is 6. The molecule has 17 heavy (non-hydrogen) atoms. The normalized spacial score (nSPS) is 12.5. The van der Waals surface area contributed by atoms with Gasteiger partial charge in [-0.15, -0.1) is 0 Å². The summed E-state index contributed by atoms with van der Waals surface area (Å²) in [5.41, 5.74) is 6.49. The summed E-state index contributed by atoms with van der Waals surface area (Å²) in [5.74, 6) is 0.887. The fraction of sp³-hybridized carbons (Fsp3) is 0.615. The molecule has 1 unspecified atom stereocenters. The summed E-state index contributed by atoms with van der Waals surface area (Å²) < 4.78 is 0. The molecule has 1 rings (SSSR count). The Morgan fingerprint density at radius 1 is 1.41 bits per heavy atom. The number of anilines is 2. The summed E-state index contributed by atoms with van der Waals surface area (Å²) in [6, 6.07) is 4.03. The van der Waals surface area contributed by atoms with Crippen molar-refractivity contribution < 1.29 is 0 Å². The van der Waals surface area contributed by atoms with E-state index in [4.69, 9.17) is 17.3 Å². The lowest BCUT2D eigenvalue weighted by atomic mass is 10.2. The minimum atomic E-state index is 0.451. The molecule has 0 saturated carbocycles. The molecule has 2 N–H and O–H groups in total. The van der Waals surface area contributed by atoms with Crippen LogP contribution in [-0.2, 0) is 0 Å². The van der Waals surface area contributed by atoms with Crippen LogP contribution in [0.25, 0.3) is 0 Å². The number of hydrogen-bond donors (Lipinski definition) is 1. The van der Waals surface area contributed by atoms with E-state index in [2.05, 4.69) is 30.7 Å². The minimum absolute atomic E-state index is 0.451. The van der Waals surface area contributed by atoms with Crippen molar-refractivity contribution >= 4 is 23.1 Å². The van der Waals surface area contributed by atoms with Crippen LogP contribution >= 0.6 is 11.6 Å². The number of pyridine rings is 1. The predicted octanol–water partition coefficient (Wildman–Crippen LogP) is 3.72. The zero-order valence-corrected chi connectivity index (χ0v) is 11.7. The molecule has 0 aliphatic carbocycles. The van der Waals surface area contributed by atoms with Gasteiger partial charge < -0.3 is 10.6 Å². The van der Waals surface area contributed by atoms with Crippen LogP contribution in [0.2, 0.25) is 5.15 Å². The second-order valence-electron chi connectivity index (χ2n) is 4.39. The molecule has 0 amide bonds. The largest absolute Gasteiger partial charge is 0.399 e. The van der Waals surface area contributed by atoms with Gasteiger partial charge in [0.25, 0.3) is 0 Å². The quantitative estimate of drug-likeness (QED) is 0.788. The Hall–Kier alpha value is -0.960. The molecule has 0 aliphatic heterocycles. The van der Waals surface area contributed by atoms with Crippen molar-refractivity contribution in [1.82, 2.24) is 4.98 Å². The molecule has 0 saturated heterocycles. The Balaban J connectivity index is 2.94. The molecule has 0 aromatic carbocycles. The summed E-state index contributed by atoms with van der Waals surface area (Å²) in [7, 11) is 0. The molecule has 96 valence electrons. The van der Waals surface area contributed by atoms with Crippen LogP contribution in [0.4, 0.5) is 11.5 Å². The number of unbranched alkanes of at least 4 members (excludes halogenated alkanes) is 1. The summed E-state index contributed by atoms with van der Waals surface area (Å²) in [6.07, 6.45) is 3.40. The average molecular weight is 256 g/mol. The van der Waals surface area contributed by atoms with Crippen molar-refractivity contribution in [3.05, 3.63) is 17.3 Å². The molecule has 3 nitrogen and oxygen atoms in total. The van der Waals surface area contributed by atoms with Gasteiger partial charge in [-0.1, -0.05) is 31.9 Å². The van der Waals surface area contributed by atoms with Crippen molar-refractivity contribution in [1.29, 1.82) is 0 Å². The van der Waals surface area contributed by atoms with Gasteiger partial charge >= 0.3 is 0 Å². The molecule has 0 aliphatic rings. The number of nitrogens with zero attached hydrogens (tertiary/aromatic N) is 2. The molecule has 1 aromatic rings. The second-order valence-corrected chi connectivity index (χ2v) is 4.77. The highest BCUT2D eigenvalue weighted by Crippen LogP contribution is 2.22. The van der Waals surface area contributed by atoms with Crippen molar-refractivity contribution in [2.45, 2.75) is 46.1 Å². The Labute approximate surface area is 109 Å². The van der Waals surface area contributed by atoms with E-state index >= 15 is 0 Å². The van der Waals surface area contributed by atoms with Crippen LogP contribution in [0.15, 0.2) is 12.1 Å². The van der Waals surface area contributed by atoms with Gasteiger partial charge in [0.2, 0.25) is 0 Å². The highest BCUT2D eigenvalue weighted by atomic mass is 35.5. The van der Waals surface area contributed by atoms with E-state index in [1.54, 1.807) is 6.07 Å². The highest BCUT2D eigenvalue weighted by Gasteiger charge is 2.14. The lowest BCUT2D eigenvalue weighted by Gasteiger charge is -2.30. The first-order valence-corrected chi connectivity index (χ1v) is 6.66. The van der Waals surface area contributed by atoms with Gasteiger partial charge in [0.1, 0.15) is 11.0 Å². The Morgan fingerprint density at radius 2 is 2.12 bits per heavy atom. The molecule has 0 spiro atoms. The zero-order chi connectivity index (χ0) is 12.8. The third kappa shape index (κ3) is 4.08. The molecule has 4 heteroatoms. The topological polar surface area (TPSA) is 42.1 Å². The highest BCUT2D eigenvalue weighted by molar-refractivity contribution is 6.29. The van der Waals surface area contributed by atoms with E-state index in [1.165, 1.54) is 6.42 Å². The average Bonchev–Trinajstić information content (AvgIpc) is 2.28. The van der Waals surface area contributed by atoms with E-state index in [9.17, 15) is 0 Å². The maximum atomic E-state index is 5.96. The number of nitrogens with two attached hydrogens (primary N) is 1. The first kappa shape index (κ1) is 14.1. The molecule has 1 aromatic heterocycles. The van der Waals surface area contributed by atoms with Crippen LogP contribution in [0, 0.1) is 0 Å².